The summed E-state index contributed by atoms with van der Waals surface area (Å²) in [6.45, 7) is 4.11. The Morgan fingerprint density at radius 1 is 1.50 bits per heavy atom. The fraction of sp³-hybridized carbons (Fsp3) is 0.875. The number of carbonyl (C=O) groups is 1. The molecule has 0 aromatic carbocycles. The van der Waals surface area contributed by atoms with Crippen molar-refractivity contribution in [3.63, 3.8) is 0 Å². The number of rotatable bonds is 6. The number of nitrogens with two attached hydrogens (primary N) is 1. The van der Waals surface area contributed by atoms with Gasteiger partial charge < -0.3 is 5.32 Å². The van der Waals surface area contributed by atoms with Crippen LogP contribution in [0.5, 0.6) is 0 Å². The number of hydrogen-bond donors (Lipinski definition) is 2. The van der Waals surface area contributed by atoms with Crippen molar-refractivity contribution in [3.05, 3.63) is 0 Å². The second-order valence-electron chi connectivity index (χ2n) is 3.32. The van der Waals surface area contributed by atoms with Gasteiger partial charge in [-0.3, -0.25) is 4.79 Å². The predicted octanol–water partition coefficient (Wildman–Crippen LogP) is -0.173. The highest BCUT2D eigenvalue weighted by Crippen LogP contribution is 1.99. The molecule has 0 aliphatic heterocycles. The van der Waals surface area contributed by atoms with E-state index in [1.54, 1.807) is 0 Å². The van der Waals surface area contributed by atoms with Crippen LogP contribution in [0.1, 0.15) is 26.7 Å². The van der Waals surface area contributed by atoms with E-state index >= 15 is 0 Å². The van der Waals surface area contributed by atoms with Crippen molar-refractivity contribution in [3.8, 4) is 0 Å². The van der Waals surface area contributed by atoms with Gasteiger partial charge in [0.2, 0.25) is 15.9 Å². The molecule has 84 valence electrons. The molecular weight excluding hydrogens is 204 g/mol. The topological polar surface area (TPSA) is 89.3 Å². The number of amides is 1. The zero-order valence-corrected chi connectivity index (χ0v) is 9.43. The van der Waals surface area contributed by atoms with Gasteiger partial charge in [-0.05, 0) is 12.8 Å². The molecule has 1 unspecified atom stereocenters. The first-order chi connectivity index (χ1) is 6.37. The monoisotopic (exact) mass is 222 g/mol. The van der Waals surface area contributed by atoms with Gasteiger partial charge in [-0.2, -0.15) is 0 Å². The Morgan fingerprint density at radius 3 is 2.50 bits per heavy atom. The Bertz CT molecular complexity index is 274. The smallest absolute Gasteiger partial charge is 0.222 e. The predicted molar refractivity (Wildman–Crippen MR) is 55.1 cm³/mol. The van der Waals surface area contributed by atoms with Crippen LogP contribution in [0.15, 0.2) is 0 Å². The summed E-state index contributed by atoms with van der Waals surface area (Å²) >= 11 is 0. The lowest BCUT2D eigenvalue weighted by Crippen LogP contribution is -2.31. The maximum absolute atomic E-state index is 11.2. The van der Waals surface area contributed by atoms with Crippen LogP contribution in [0.3, 0.4) is 0 Å². The second-order valence-corrected chi connectivity index (χ2v) is 5.05. The van der Waals surface area contributed by atoms with E-state index in [4.69, 9.17) is 5.14 Å². The average molecular weight is 222 g/mol. The Hall–Kier alpha value is -0.620. The molecule has 0 rings (SSSR count). The summed E-state index contributed by atoms with van der Waals surface area (Å²) in [5.74, 6) is -0.153. The number of hydrogen-bond acceptors (Lipinski definition) is 3. The molecule has 0 aliphatic rings. The van der Waals surface area contributed by atoms with Crippen molar-refractivity contribution in [1.29, 1.82) is 0 Å². The molecule has 5 nitrogen and oxygen atoms in total. The summed E-state index contributed by atoms with van der Waals surface area (Å²) in [5.41, 5.74) is 0. The molecule has 0 aromatic rings. The zero-order valence-electron chi connectivity index (χ0n) is 8.62. The SMILES string of the molecule is CCC(C)C(=O)NCCCS(N)(=O)=O. The summed E-state index contributed by atoms with van der Waals surface area (Å²) in [7, 11) is -3.40. The van der Waals surface area contributed by atoms with Crippen LogP contribution in [0.2, 0.25) is 0 Å². The molecule has 6 heteroatoms. The van der Waals surface area contributed by atoms with Gasteiger partial charge in [-0.1, -0.05) is 13.8 Å². The van der Waals surface area contributed by atoms with Crippen LogP contribution in [0.25, 0.3) is 0 Å². The van der Waals surface area contributed by atoms with Gasteiger partial charge in [0, 0.05) is 12.5 Å². The molecule has 1 amide bonds. The highest BCUT2D eigenvalue weighted by atomic mass is 32.2. The van der Waals surface area contributed by atoms with Gasteiger partial charge >= 0.3 is 0 Å². The van der Waals surface area contributed by atoms with Crippen LogP contribution in [0.4, 0.5) is 0 Å². The lowest BCUT2D eigenvalue weighted by Gasteiger charge is -2.08. The molecule has 1 atom stereocenters. The number of nitrogens with one attached hydrogen (secondary N) is 1. The third-order valence-corrected chi connectivity index (χ3v) is 2.82. The fourth-order valence-corrected chi connectivity index (χ4v) is 1.39. The molecule has 0 fully saturated rings. The molecule has 0 aliphatic carbocycles. The Balaban J connectivity index is 3.61. The van der Waals surface area contributed by atoms with Crippen molar-refractivity contribution in [2.24, 2.45) is 11.1 Å². The molecule has 0 saturated heterocycles. The number of carbonyl (C=O) groups excluding carboxylic acids is 1. The molecule has 0 radical (unpaired) electrons. The second kappa shape index (κ2) is 5.98. The molecule has 0 aromatic heterocycles. The third-order valence-electron chi connectivity index (χ3n) is 1.96. The normalized spacial score (nSPS) is 13.6. The molecule has 0 saturated carbocycles. The Labute approximate surface area is 85.1 Å². The minimum atomic E-state index is -3.40. The van der Waals surface area contributed by atoms with Gasteiger partial charge in [0.25, 0.3) is 0 Å². The first kappa shape index (κ1) is 13.4. The highest BCUT2D eigenvalue weighted by molar-refractivity contribution is 7.89. The van der Waals surface area contributed by atoms with Crippen LogP contribution in [-0.4, -0.2) is 26.6 Å². The van der Waals surface area contributed by atoms with Gasteiger partial charge in [0.15, 0.2) is 0 Å². The van der Waals surface area contributed by atoms with Gasteiger partial charge in [0.1, 0.15) is 0 Å². The van der Waals surface area contributed by atoms with Crippen molar-refractivity contribution >= 4 is 15.9 Å². The lowest BCUT2D eigenvalue weighted by atomic mass is 10.1. The molecule has 3 N–H and O–H groups in total. The maximum atomic E-state index is 11.2. The van der Waals surface area contributed by atoms with Crippen molar-refractivity contribution in [2.45, 2.75) is 26.7 Å². The summed E-state index contributed by atoms with van der Waals surface area (Å²) in [6, 6.07) is 0. The molecule has 14 heavy (non-hydrogen) atoms. The van der Waals surface area contributed by atoms with E-state index in [-0.39, 0.29) is 17.6 Å². The van der Waals surface area contributed by atoms with E-state index in [9.17, 15) is 13.2 Å². The molecule has 0 bridgehead atoms. The fourth-order valence-electron chi connectivity index (χ4n) is 0.845. The van der Waals surface area contributed by atoms with E-state index in [1.807, 2.05) is 13.8 Å². The van der Waals surface area contributed by atoms with E-state index in [0.717, 1.165) is 6.42 Å². The van der Waals surface area contributed by atoms with Crippen molar-refractivity contribution < 1.29 is 13.2 Å². The zero-order chi connectivity index (χ0) is 11.2. The minimum Gasteiger partial charge on any atom is -0.356 e. The first-order valence-corrected chi connectivity index (χ1v) is 6.36. The summed E-state index contributed by atoms with van der Waals surface area (Å²) in [5, 5.41) is 7.44. The van der Waals surface area contributed by atoms with E-state index in [2.05, 4.69) is 5.32 Å². The number of sulfonamides is 1. The standard InChI is InChI=1S/C8H18N2O3S/c1-3-7(2)8(11)10-5-4-6-14(9,12)13/h7H,3-6H2,1-2H3,(H,10,11)(H2,9,12,13). The minimum absolute atomic E-state index is 0.0236. The van der Waals surface area contributed by atoms with Crippen LogP contribution >= 0.6 is 0 Å². The van der Waals surface area contributed by atoms with Gasteiger partial charge in [-0.15, -0.1) is 0 Å². The average Bonchev–Trinajstić information content (AvgIpc) is 2.09. The summed E-state index contributed by atoms with van der Waals surface area (Å²) in [4.78, 5) is 11.2. The Morgan fingerprint density at radius 2 is 2.07 bits per heavy atom. The molecule has 0 heterocycles. The lowest BCUT2D eigenvalue weighted by molar-refractivity contribution is -0.124. The third kappa shape index (κ3) is 6.85. The first-order valence-electron chi connectivity index (χ1n) is 4.65. The largest absolute Gasteiger partial charge is 0.356 e. The molecule has 0 spiro atoms. The van der Waals surface area contributed by atoms with Gasteiger partial charge in [-0.25, -0.2) is 13.6 Å². The van der Waals surface area contributed by atoms with E-state index in [1.165, 1.54) is 0 Å². The van der Waals surface area contributed by atoms with Crippen LogP contribution < -0.4 is 10.5 Å². The Kier molecular flexibility index (Phi) is 5.71. The van der Waals surface area contributed by atoms with Crippen LogP contribution in [0, 0.1) is 5.92 Å². The van der Waals surface area contributed by atoms with Crippen molar-refractivity contribution in [1.82, 2.24) is 5.32 Å². The molecular formula is C8H18N2O3S. The maximum Gasteiger partial charge on any atom is 0.222 e. The van der Waals surface area contributed by atoms with Gasteiger partial charge in [0.05, 0.1) is 5.75 Å². The highest BCUT2D eigenvalue weighted by Gasteiger charge is 2.09. The van der Waals surface area contributed by atoms with E-state index in [0.29, 0.717) is 13.0 Å². The quantitative estimate of drug-likeness (QED) is 0.611. The van der Waals surface area contributed by atoms with Crippen LogP contribution in [-0.2, 0) is 14.8 Å². The number of primary sulfonamides is 1. The summed E-state index contributed by atoms with van der Waals surface area (Å²) in [6.07, 6.45) is 1.14. The van der Waals surface area contributed by atoms with Crippen molar-refractivity contribution in [2.75, 3.05) is 12.3 Å². The summed E-state index contributed by atoms with van der Waals surface area (Å²) < 4.78 is 21.1. The van der Waals surface area contributed by atoms with E-state index < -0.39 is 10.0 Å².